The highest BCUT2D eigenvalue weighted by Gasteiger charge is 2.50. The van der Waals surface area contributed by atoms with Gasteiger partial charge in [-0.1, -0.05) is 48.5 Å². The molecule has 1 aliphatic heterocycles. The van der Waals surface area contributed by atoms with Gasteiger partial charge in [-0.25, -0.2) is 15.0 Å². The van der Waals surface area contributed by atoms with E-state index in [9.17, 15) is 24.0 Å². The van der Waals surface area contributed by atoms with Crippen LogP contribution >= 0.6 is 0 Å². The van der Waals surface area contributed by atoms with E-state index in [0.29, 0.717) is 22.3 Å². The van der Waals surface area contributed by atoms with Crippen molar-refractivity contribution in [1.29, 1.82) is 0 Å². The Morgan fingerprint density at radius 2 is 1.41 bits per heavy atom. The zero-order valence-corrected chi connectivity index (χ0v) is 32.2. The highest BCUT2D eigenvalue weighted by atomic mass is 16.6. The molecule has 2 aromatic heterocycles. The molecule has 1 aliphatic carbocycles. The van der Waals surface area contributed by atoms with E-state index in [0.717, 1.165) is 32.3 Å². The summed E-state index contributed by atoms with van der Waals surface area (Å²) in [7, 11) is 0. The molecule has 0 radical (unpaired) electrons. The van der Waals surface area contributed by atoms with Crippen LogP contribution in [0.15, 0.2) is 73.3 Å². The average Bonchev–Trinajstić information content (AvgIpc) is 3.79. The van der Waals surface area contributed by atoms with Crippen molar-refractivity contribution in [2.45, 2.75) is 83.8 Å². The zero-order chi connectivity index (χ0) is 40.8. The fraction of sp³-hybridized carbons (Fsp3) is 0.333. The molecule has 0 amide bonds. The van der Waals surface area contributed by atoms with Gasteiger partial charge in [-0.15, -0.1) is 0 Å². The van der Waals surface area contributed by atoms with Crippen LogP contribution < -0.4 is 5.32 Å². The number of rotatable bonds is 9. The molecule has 0 bridgehead atoms. The van der Waals surface area contributed by atoms with E-state index in [4.69, 9.17) is 28.4 Å². The molecule has 0 saturated carbocycles. The molecule has 4 aromatic carbocycles. The fourth-order valence-corrected chi connectivity index (χ4v) is 8.15. The Morgan fingerprint density at radius 3 is 2.16 bits per heavy atom. The van der Waals surface area contributed by atoms with Crippen LogP contribution in [0.3, 0.4) is 0 Å². The summed E-state index contributed by atoms with van der Waals surface area (Å²) in [5.41, 5.74) is 1.81. The van der Waals surface area contributed by atoms with Crippen LogP contribution in [0.2, 0.25) is 0 Å². The van der Waals surface area contributed by atoms with Gasteiger partial charge in [0.2, 0.25) is 0 Å². The van der Waals surface area contributed by atoms with Gasteiger partial charge in [-0.05, 0) is 50.0 Å². The van der Waals surface area contributed by atoms with Crippen LogP contribution in [0.1, 0.15) is 70.5 Å². The molecule has 0 unspecified atom stereocenters. The topological polar surface area (TPSA) is 196 Å². The number of nitrogens with one attached hydrogen (secondary N) is 1. The van der Waals surface area contributed by atoms with E-state index in [2.05, 4.69) is 44.5 Å². The van der Waals surface area contributed by atoms with Gasteiger partial charge in [0, 0.05) is 46.6 Å². The molecule has 8 rings (SSSR count). The van der Waals surface area contributed by atoms with E-state index >= 15 is 0 Å². The molecule has 1 fully saturated rings. The normalized spacial score (nSPS) is 22.7. The van der Waals surface area contributed by atoms with E-state index in [1.54, 1.807) is 4.57 Å². The molecular weight excluding hydrogens is 750 g/mol. The predicted molar refractivity (Wildman–Crippen MR) is 207 cm³/mol. The average molecular weight is 790 g/mol. The lowest BCUT2D eigenvalue weighted by molar-refractivity contribution is -0.187. The third-order valence-electron chi connectivity index (χ3n) is 10.3. The first kappa shape index (κ1) is 38.2. The molecule has 16 heteroatoms. The fourth-order valence-electron chi connectivity index (χ4n) is 8.15. The molecule has 298 valence electrons. The van der Waals surface area contributed by atoms with Crippen molar-refractivity contribution in [2.75, 3.05) is 11.9 Å². The quantitative estimate of drug-likeness (QED) is 0.0810. The summed E-state index contributed by atoms with van der Waals surface area (Å²) in [6, 6.07) is 19.1. The Bertz CT molecular complexity index is 2640. The molecule has 6 aromatic rings. The third kappa shape index (κ3) is 7.22. The monoisotopic (exact) mass is 789 g/mol. The van der Waals surface area contributed by atoms with E-state index in [1.165, 1.54) is 47.3 Å². The Hall–Kier alpha value is -6.68. The number of hydrogen-bond donors (Lipinski definition) is 1. The van der Waals surface area contributed by atoms with Crippen molar-refractivity contribution in [3.8, 4) is 0 Å². The van der Waals surface area contributed by atoms with Crippen LogP contribution in [0.5, 0.6) is 0 Å². The Balaban J connectivity index is 1.29. The number of carbonyl (C=O) groups excluding carboxylic acids is 5. The number of fused-ring (bicyclic) bond motifs is 7. The molecule has 7 atom stereocenters. The summed E-state index contributed by atoms with van der Waals surface area (Å²) in [6.07, 6.45) is -2.80. The van der Waals surface area contributed by atoms with Crippen molar-refractivity contribution >= 4 is 79.1 Å². The number of ether oxygens (including phenoxy) is 6. The maximum Gasteiger partial charge on any atom is 0.303 e. The van der Waals surface area contributed by atoms with Crippen LogP contribution in [-0.2, 0) is 52.4 Å². The van der Waals surface area contributed by atoms with Crippen LogP contribution in [-0.4, -0.2) is 80.4 Å². The van der Waals surface area contributed by atoms with Crippen molar-refractivity contribution < 1.29 is 52.4 Å². The Morgan fingerprint density at radius 1 is 0.724 bits per heavy atom. The number of hydrogen-bond acceptors (Lipinski definition) is 15. The summed E-state index contributed by atoms with van der Waals surface area (Å²) in [4.78, 5) is 75.6. The highest BCUT2D eigenvalue weighted by Crippen LogP contribution is 2.47. The van der Waals surface area contributed by atoms with Crippen molar-refractivity contribution in [1.82, 2.24) is 19.5 Å². The summed E-state index contributed by atoms with van der Waals surface area (Å²) in [5, 5.41) is 9.11. The van der Waals surface area contributed by atoms with Crippen molar-refractivity contribution in [3.05, 3.63) is 84.4 Å². The molecule has 2 aliphatic rings. The molecule has 3 heterocycles. The van der Waals surface area contributed by atoms with E-state index in [1.807, 2.05) is 36.4 Å². The van der Waals surface area contributed by atoms with Gasteiger partial charge in [0.25, 0.3) is 0 Å². The smallest absolute Gasteiger partial charge is 0.303 e. The SMILES string of the molecule is CC(=O)OC[C@H]1O[C@@H](n2cnc3c(N[C@H]4c5c(ccc6cc7ccc8ccccc8c7cc56)[C@H](OC(C)=O)[C@@H](OC(C)=O)[C@H]4OC(C)=O)ncnc32)C[C@@H]1OC(C)=O. The Kier molecular flexibility index (Phi) is 10.1. The second kappa shape index (κ2) is 15.3. The van der Waals surface area contributed by atoms with Crippen molar-refractivity contribution in [3.63, 3.8) is 0 Å². The van der Waals surface area contributed by atoms with Gasteiger partial charge in [0.1, 0.15) is 31.4 Å². The minimum absolute atomic E-state index is 0.131. The van der Waals surface area contributed by atoms with E-state index < -0.39 is 72.6 Å². The lowest BCUT2D eigenvalue weighted by atomic mass is 9.78. The third-order valence-corrected chi connectivity index (χ3v) is 10.3. The van der Waals surface area contributed by atoms with Gasteiger partial charge >= 0.3 is 29.8 Å². The molecule has 1 N–H and O–H groups in total. The molecule has 0 spiro atoms. The highest BCUT2D eigenvalue weighted by molar-refractivity contribution is 6.12. The van der Waals surface area contributed by atoms with E-state index in [-0.39, 0.29) is 18.8 Å². The second-order valence-corrected chi connectivity index (χ2v) is 14.3. The molecule has 16 nitrogen and oxygen atoms in total. The van der Waals surface area contributed by atoms with Crippen LogP contribution in [0, 0.1) is 0 Å². The largest absolute Gasteiger partial charge is 0.463 e. The second-order valence-electron chi connectivity index (χ2n) is 14.3. The predicted octanol–water partition coefficient (Wildman–Crippen LogP) is 5.70. The molecular formula is C42H39N5O11. The summed E-state index contributed by atoms with van der Waals surface area (Å²) >= 11 is 0. The maximum atomic E-state index is 12.9. The first-order valence-corrected chi connectivity index (χ1v) is 18.7. The first-order chi connectivity index (χ1) is 27.9. The summed E-state index contributed by atoms with van der Waals surface area (Å²) < 4.78 is 36.4. The minimum atomic E-state index is -1.27. The molecule has 58 heavy (non-hydrogen) atoms. The lowest BCUT2D eigenvalue weighted by Gasteiger charge is -2.42. The number of esters is 5. The van der Waals surface area contributed by atoms with Crippen LogP contribution in [0.4, 0.5) is 5.82 Å². The van der Waals surface area contributed by atoms with Crippen molar-refractivity contribution in [2.24, 2.45) is 0 Å². The number of nitrogens with zero attached hydrogens (tertiary/aromatic N) is 4. The number of imidazole rings is 1. The van der Waals surface area contributed by atoms with Gasteiger partial charge in [0.15, 0.2) is 35.3 Å². The van der Waals surface area contributed by atoms with Crippen LogP contribution in [0.25, 0.3) is 43.5 Å². The maximum absolute atomic E-state index is 12.9. The summed E-state index contributed by atoms with van der Waals surface area (Å²) in [6.45, 7) is 6.15. The number of aromatic nitrogens is 4. The van der Waals surface area contributed by atoms with Gasteiger partial charge in [-0.3, -0.25) is 28.5 Å². The number of benzene rings is 4. The Labute approximate surface area is 330 Å². The van der Waals surface area contributed by atoms with Gasteiger partial charge < -0.3 is 33.7 Å². The minimum Gasteiger partial charge on any atom is -0.463 e. The lowest BCUT2D eigenvalue weighted by Crippen LogP contribution is -2.49. The van der Waals surface area contributed by atoms with Gasteiger partial charge in [0.05, 0.1) is 12.4 Å². The molecule has 1 saturated heterocycles. The summed E-state index contributed by atoms with van der Waals surface area (Å²) in [5.74, 6) is -2.77. The standard InChI is InChI=1S/C42H39N5O11/c1-20(48)53-17-33-32(54-21(2)49)16-34(58-33)47-19-45-37-41(43-18-44-42(37)47)46-36-35-29(38(55-22(3)50)40(57-24(5)52)39(36)56-23(4)51)13-12-27-14-26-11-10-25-8-6-7-9-28(25)30(26)15-31(27)35/h6-15,18-19,32-34,36,38-40H,16-17H2,1-5H3,(H,43,44,46)/t32-,33+,34+,36-,38-,39-,40+/m0/s1. The number of anilines is 1. The number of carbonyl (C=O) groups is 5. The first-order valence-electron chi connectivity index (χ1n) is 18.7. The zero-order valence-electron chi connectivity index (χ0n) is 32.2. The van der Waals surface area contributed by atoms with Gasteiger partial charge in [-0.2, -0.15) is 0 Å².